The average Bonchev–Trinajstić information content (AvgIpc) is 2.91. The van der Waals surface area contributed by atoms with Crippen molar-refractivity contribution in [2.75, 3.05) is 6.61 Å². The molecule has 3 aliphatic rings. The van der Waals surface area contributed by atoms with E-state index in [1.165, 1.54) is 13.8 Å². The second-order valence-electron chi connectivity index (χ2n) is 6.08. The lowest BCUT2D eigenvalue weighted by molar-refractivity contribution is -0.163. The highest BCUT2D eigenvalue weighted by Gasteiger charge is 2.71. The maximum atomic E-state index is 12.6. The van der Waals surface area contributed by atoms with E-state index in [0.29, 0.717) is 18.7 Å². The monoisotopic (exact) mass is 316 g/mol. The fourth-order valence-corrected chi connectivity index (χ4v) is 5.65. The van der Waals surface area contributed by atoms with Crippen LogP contribution in [0.1, 0.15) is 26.7 Å². The number of fused-ring (bicyclic) bond motifs is 1. The van der Waals surface area contributed by atoms with Crippen molar-refractivity contribution in [3.63, 3.8) is 0 Å². The number of aliphatic carboxylic acids is 1. The van der Waals surface area contributed by atoms with Gasteiger partial charge in [0.05, 0.1) is 16.4 Å². The van der Waals surface area contributed by atoms with Gasteiger partial charge in [-0.15, -0.1) is 0 Å². The van der Waals surface area contributed by atoms with Crippen molar-refractivity contribution in [1.29, 1.82) is 0 Å². The molecule has 0 saturated carbocycles. The van der Waals surface area contributed by atoms with E-state index in [2.05, 4.69) is 5.16 Å². The summed E-state index contributed by atoms with van der Waals surface area (Å²) in [5, 5.41) is 12.0. The first-order valence-electron chi connectivity index (χ1n) is 6.65. The summed E-state index contributed by atoms with van der Waals surface area (Å²) in [6, 6.07) is -1.34. The summed E-state index contributed by atoms with van der Waals surface area (Å²) in [7, 11) is -3.76. The van der Waals surface area contributed by atoms with Crippen LogP contribution in [0.2, 0.25) is 0 Å². The van der Waals surface area contributed by atoms with Crippen molar-refractivity contribution in [2.45, 2.75) is 42.9 Å². The third-order valence-electron chi connectivity index (χ3n) is 4.54. The van der Waals surface area contributed by atoms with Crippen molar-refractivity contribution in [3.8, 4) is 0 Å². The number of carboxylic acid groups (broad SMARTS) is 1. The van der Waals surface area contributed by atoms with Crippen LogP contribution in [-0.4, -0.2) is 58.8 Å². The number of carbonyl (C=O) groups is 2. The van der Waals surface area contributed by atoms with E-state index in [1.54, 1.807) is 0 Å². The summed E-state index contributed by atoms with van der Waals surface area (Å²) in [6.07, 6.45) is 0.782. The van der Waals surface area contributed by atoms with Crippen LogP contribution in [-0.2, 0) is 24.3 Å². The van der Waals surface area contributed by atoms with Crippen molar-refractivity contribution in [3.05, 3.63) is 0 Å². The number of hydrogen-bond acceptors (Lipinski definition) is 6. The van der Waals surface area contributed by atoms with Crippen molar-refractivity contribution in [1.82, 2.24) is 4.90 Å². The molecule has 9 heteroatoms. The number of rotatable bonds is 3. The molecule has 2 saturated heterocycles. The number of carbonyl (C=O) groups excluding carboxylic acids is 1. The lowest BCUT2D eigenvalue weighted by Crippen LogP contribution is -2.63. The van der Waals surface area contributed by atoms with Gasteiger partial charge < -0.3 is 14.8 Å². The minimum Gasteiger partial charge on any atom is -0.480 e. The number of hydrogen-bond donors (Lipinski definition) is 1. The lowest BCUT2D eigenvalue weighted by Gasteiger charge is -2.42. The standard InChI is InChI=1S/C12H16N2O6S/c1-12(2)8(11(16)17)14-9(15)7(10(14)21(12,18)19)5-6-3-4-20-13-6/h7-8,10H,3-5H2,1-2H3,(H,16,17)/t7?,8-,10+/m0/s1. The van der Waals surface area contributed by atoms with Crippen LogP contribution in [0.15, 0.2) is 5.16 Å². The highest BCUT2D eigenvalue weighted by molar-refractivity contribution is 7.93. The molecule has 0 spiro atoms. The zero-order valence-corrected chi connectivity index (χ0v) is 12.5. The Hall–Kier alpha value is -1.64. The number of nitrogens with zero attached hydrogens (tertiary/aromatic N) is 2. The fraction of sp³-hybridized carbons (Fsp3) is 0.750. The topological polar surface area (TPSA) is 113 Å². The van der Waals surface area contributed by atoms with Gasteiger partial charge in [-0.3, -0.25) is 4.79 Å². The van der Waals surface area contributed by atoms with Gasteiger partial charge in [0, 0.05) is 12.8 Å². The van der Waals surface area contributed by atoms with Crippen LogP contribution in [0.5, 0.6) is 0 Å². The molecule has 0 aromatic rings. The quantitative estimate of drug-likeness (QED) is 0.709. The predicted octanol–water partition coefficient (Wildman–Crippen LogP) is -0.402. The maximum absolute atomic E-state index is 12.6. The number of sulfone groups is 1. The molecule has 1 N–H and O–H groups in total. The minimum absolute atomic E-state index is 0.210. The largest absolute Gasteiger partial charge is 0.480 e. The number of carboxylic acids is 1. The van der Waals surface area contributed by atoms with Gasteiger partial charge in [0.15, 0.2) is 9.84 Å². The molecule has 0 radical (unpaired) electrons. The third kappa shape index (κ3) is 1.66. The Morgan fingerprint density at radius 3 is 2.71 bits per heavy atom. The fourth-order valence-electron chi connectivity index (χ4n) is 3.34. The van der Waals surface area contributed by atoms with E-state index >= 15 is 0 Å². The predicted molar refractivity (Wildman–Crippen MR) is 71.2 cm³/mol. The normalized spacial score (nSPS) is 35.7. The highest BCUT2D eigenvalue weighted by Crippen LogP contribution is 2.49. The van der Waals surface area contributed by atoms with E-state index in [1.807, 2.05) is 0 Å². The first-order chi connectivity index (χ1) is 9.69. The van der Waals surface area contributed by atoms with Gasteiger partial charge in [-0.1, -0.05) is 5.16 Å². The van der Waals surface area contributed by atoms with Gasteiger partial charge in [0.25, 0.3) is 0 Å². The van der Waals surface area contributed by atoms with Crippen LogP contribution in [0.4, 0.5) is 0 Å². The molecule has 3 aliphatic heterocycles. The SMILES string of the molecule is CC1(C)[C@H](C(=O)O)N2C(=O)C(CC3=NOCC3)[C@H]2S1(=O)=O. The van der Waals surface area contributed by atoms with Crippen LogP contribution >= 0.6 is 0 Å². The Bertz CT molecular complexity index is 653. The van der Waals surface area contributed by atoms with E-state index in [-0.39, 0.29) is 6.42 Å². The molecule has 3 heterocycles. The van der Waals surface area contributed by atoms with Gasteiger partial charge in [-0.25, -0.2) is 13.2 Å². The average molecular weight is 316 g/mol. The molecule has 8 nitrogen and oxygen atoms in total. The molecular formula is C12H16N2O6S. The summed E-state index contributed by atoms with van der Waals surface area (Å²) in [5.74, 6) is -2.48. The molecule has 0 aromatic carbocycles. The van der Waals surface area contributed by atoms with Gasteiger partial charge in [0.1, 0.15) is 18.0 Å². The Kier molecular flexibility index (Phi) is 2.85. The second-order valence-corrected chi connectivity index (χ2v) is 8.70. The van der Waals surface area contributed by atoms with Crippen molar-refractivity contribution < 1.29 is 28.0 Å². The molecule has 0 bridgehead atoms. The van der Waals surface area contributed by atoms with Gasteiger partial charge in [0.2, 0.25) is 5.91 Å². The van der Waals surface area contributed by atoms with Crippen LogP contribution in [0, 0.1) is 5.92 Å². The van der Waals surface area contributed by atoms with Gasteiger partial charge in [-0.05, 0) is 13.8 Å². The molecule has 3 rings (SSSR count). The van der Waals surface area contributed by atoms with Crippen LogP contribution < -0.4 is 0 Å². The van der Waals surface area contributed by atoms with E-state index in [4.69, 9.17) is 4.84 Å². The first kappa shape index (κ1) is 14.3. The summed E-state index contributed by atoms with van der Waals surface area (Å²) < 4.78 is 23.7. The van der Waals surface area contributed by atoms with E-state index in [0.717, 1.165) is 4.90 Å². The highest BCUT2D eigenvalue weighted by atomic mass is 32.2. The molecule has 116 valence electrons. The number of oxime groups is 1. The summed E-state index contributed by atoms with van der Waals surface area (Å²) in [4.78, 5) is 29.5. The molecule has 21 heavy (non-hydrogen) atoms. The lowest BCUT2D eigenvalue weighted by atomic mass is 9.88. The molecule has 1 amide bonds. The number of amides is 1. The molecule has 2 fully saturated rings. The number of β-lactam (4-membered cyclic amide) rings is 1. The first-order valence-corrected chi connectivity index (χ1v) is 8.20. The van der Waals surface area contributed by atoms with E-state index < -0.39 is 43.8 Å². The van der Waals surface area contributed by atoms with E-state index in [9.17, 15) is 23.1 Å². The maximum Gasteiger partial charge on any atom is 0.328 e. The Morgan fingerprint density at radius 2 is 2.19 bits per heavy atom. The Morgan fingerprint density at radius 1 is 1.52 bits per heavy atom. The second kappa shape index (κ2) is 4.19. The summed E-state index contributed by atoms with van der Waals surface area (Å²) >= 11 is 0. The Balaban J connectivity index is 1.95. The zero-order valence-electron chi connectivity index (χ0n) is 11.6. The molecule has 0 aromatic heterocycles. The van der Waals surface area contributed by atoms with Crippen LogP contribution in [0.3, 0.4) is 0 Å². The van der Waals surface area contributed by atoms with Crippen molar-refractivity contribution in [2.24, 2.45) is 11.1 Å². The molecule has 3 atom stereocenters. The summed E-state index contributed by atoms with van der Waals surface area (Å²) in [5.41, 5.74) is 0.653. The third-order valence-corrected chi connectivity index (χ3v) is 7.42. The van der Waals surface area contributed by atoms with Gasteiger partial charge >= 0.3 is 5.97 Å². The summed E-state index contributed by atoms with van der Waals surface area (Å²) in [6.45, 7) is 3.15. The molecule has 0 aliphatic carbocycles. The zero-order chi connectivity index (χ0) is 15.6. The van der Waals surface area contributed by atoms with Crippen molar-refractivity contribution >= 4 is 27.4 Å². The minimum atomic E-state index is -3.76. The molecular weight excluding hydrogens is 300 g/mol. The smallest absolute Gasteiger partial charge is 0.328 e. The van der Waals surface area contributed by atoms with Gasteiger partial charge in [-0.2, -0.15) is 0 Å². The van der Waals surface area contributed by atoms with Crippen LogP contribution in [0.25, 0.3) is 0 Å². The molecule has 1 unspecified atom stereocenters. The Labute approximate surface area is 121 Å².